The Morgan fingerprint density at radius 3 is 2.70 bits per heavy atom. The monoisotopic (exact) mass is 304 g/mol. The van der Waals surface area contributed by atoms with Crippen LogP contribution >= 0.6 is 0 Å². The number of imidazole rings is 1. The number of hydrogen-bond acceptors (Lipinski definition) is 2. The van der Waals surface area contributed by atoms with Crippen molar-refractivity contribution in [1.82, 2.24) is 14.4 Å². The lowest BCUT2D eigenvalue weighted by atomic mass is 9.82. The molecule has 0 saturated heterocycles. The van der Waals surface area contributed by atoms with Crippen molar-refractivity contribution in [2.75, 3.05) is 0 Å². The maximum Gasteiger partial charge on any atom is 0.142 e. The van der Waals surface area contributed by atoms with Gasteiger partial charge in [0.25, 0.3) is 0 Å². The number of aromatic nitrogens is 3. The third-order valence-corrected chi connectivity index (χ3v) is 5.01. The average molecular weight is 304 g/mol. The summed E-state index contributed by atoms with van der Waals surface area (Å²) in [6, 6.07) is 8.21. The quantitative estimate of drug-likeness (QED) is 0.676. The van der Waals surface area contributed by atoms with E-state index in [4.69, 9.17) is 4.98 Å². The van der Waals surface area contributed by atoms with E-state index in [1.54, 1.807) is 0 Å². The van der Waals surface area contributed by atoms with Gasteiger partial charge in [0.15, 0.2) is 0 Å². The molecule has 0 bridgehead atoms. The SMILES string of the molecule is Cc1cc(C)n2[c]c(-c3ccccn3)nc2c1C1CCCCC1. The van der Waals surface area contributed by atoms with E-state index in [2.05, 4.69) is 35.5 Å². The Labute approximate surface area is 137 Å². The molecule has 3 heteroatoms. The second kappa shape index (κ2) is 5.80. The minimum atomic E-state index is 0.638. The lowest BCUT2D eigenvalue weighted by Gasteiger charge is -2.24. The normalized spacial score (nSPS) is 16.1. The van der Waals surface area contributed by atoms with Gasteiger partial charge in [0.05, 0.1) is 5.69 Å². The summed E-state index contributed by atoms with van der Waals surface area (Å²) in [6.07, 6.45) is 11.9. The molecule has 1 radical (unpaired) electrons. The number of hydrogen-bond donors (Lipinski definition) is 0. The number of nitrogens with zero attached hydrogens (tertiary/aromatic N) is 3. The minimum Gasteiger partial charge on any atom is -0.295 e. The molecule has 1 aliphatic carbocycles. The van der Waals surface area contributed by atoms with Crippen LogP contribution in [0.4, 0.5) is 0 Å². The number of fused-ring (bicyclic) bond motifs is 1. The first kappa shape index (κ1) is 14.4. The lowest BCUT2D eigenvalue weighted by Crippen LogP contribution is -2.09. The Kier molecular flexibility index (Phi) is 3.64. The summed E-state index contributed by atoms with van der Waals surface area (Å²) < 4.78 is 2.13. The summed E-state index contributed by atoms with van der Waals surface area (Å²) in [4.78, 5) is 9.36. The van der Waals surface area contributed by atoms with Gasteiger partial charge in [-0.3, -0.25) is 9.38 Å². The first-order chi connectivity index (χ1) is 11.2. The predicted octanol–water partition coefficient (Wildman–Crippen LogP) is 4.86. The maximum absolute atomic E-state index is 4.92. The highest BCUT2D eigenvalue weighted by atomic mass is 15.0. The third kappa shape index (κ3) is 2.54. The molecule has 0 aliphatic heterocycles. The highest BCUT2D eigenvalue weighted by Gasteiger charge is 2.22. The van der Waals surface area contributed by atoms with Crippen LogP contribution in [0.25, 0.3) is 17.0 Å². The molecule has 3 heterocycles. The zero-order chi connectivity index (χ0) is 15.8. The van der Waals surface area contributed by atoms with Crippen molar-refractivity contribution in [3.8, 4) is 11.4 Å². The molecule has 1 fully saturated rings. The smallest absolute Gasteiger partial charge is 0.142 e. The molecule has 0 N–H and O–H groups in total. The van der Waals surface area contributed by atoms with Crippen LogP contribution in [0.15, 0.2) is 30.5 Å². The fourth-order valence-corrected chi connectivity index (χ4v) is 3.92. The highest BCUT2D eigenvalue weighted by Crippen LogP contribution is 2.37. The Morgan fingerprint density at radius 2 is 1.96 bits per heavy atom. The molecule has 3 nitrogen and oxygen atoms in total. The number of rotatable bonds is 2. The molecule has 1 aliphatic rings. The average Bonchev–Trinajstić information content (AvgIpc) is 3.02. The summed E-state index contributed by atoms with van der Waals surface area (Å²) in [7, 11) is 0. The van der Waals surface area contributed by atoms with Crippen LogP contribution in [0.2, 0.25) is 0 Å². The van der Waals surface area contributed by atoms with E-state index in [9.17, 15) is 0 Å². The largest absolute Gasteiger partial charge is 0.295 e. The molecule has 117 valence electrons. The van der Waals surface area contributed by atoms with Gasteiger partial charge in [-0.15, -0.1) is 0 Å². The third-order valence-electron chi connectivity index (χ3n) is 5.01. The van der Waals surface area contributed by atoms with E-state index in [1.165, 1.54) is 48.9 Å². The van der Waals surface area contributed by atoms with Gasteiger partial charge in [0.1, 0.15) is 17.5 Å². The van der Waals surface area contributed by atoms with Crippen LogP contribution in [-0.4, -0.2) is 14.4 Å². The molecule has 23 heavy (non-hydrogen) atoms. The molecular weight excluding hydrogens is 282 g/mol. The summed E-state index contributed by atoms with van der Waals surface area (Å²) in [5.74, 6) is 0.638. The highest BCUT2D eigenvalue weighted by molar-refractivity contribution is 5.63. The summed E-state index contributed by atoms with van der Waals surface area (Å²) in [5.41, 5.74) is 6.79. The molecule has 1 saturated carbocycles. The molecule has 3 aromatic rings. The van der Waals surface area contributed by atoms with Gasteiger partial charge in [-0.05, 0) is 56.4 Å². The Morgan fingerprint density at radius 1 is 1.13 bits per heavy atom. The van der Waals surface area contributed by atoms with E-state index in [-0.39, 0.29) is 0 Å². The maximum atomic E-state index is 4.92. The van der Waals surface area contributed by atoms with Crippen molar-refractivity contribution in [2.24, 2.45) is 0 Å². The van der Waals surface area contributed by atoms with Crippen molar-refractivity contribution in [3.05, 3.63) is 53.5 Å². The van der Waals surface area contributed by atoms with E-state index in [0.717, 1.165) is 17.0 Å². The fourth-order valence-electron chi connectivity index (χ4n) is 3.92. The summed E-state index contributed by atoms with van der Waals surface area (Å²) >= 11 is 0. The van der Waals surface area contributed by atoms with Gasteiger partial charge in [-0.2, -0.15) is 0 Å². The van der Waals surface area contributed by atoms with Gasteiger partial charge in [-0.25, -0.2) is 4.98 Å². The minimum absolute atomic E-state index is 0.638. The first-order valence-corrected chi connectivity index (χ1v) is 8.57. The second-order valence-corrected chi connectivity index (χ2v) is 6.66. The van der Waals surface area contributed by atoms with E-state index in [0.29, 0.717) is 5.92 Å². The van der Waals surface area contributed by atoms with Gasteiger partial charge in [0, 0.05) is 17.5 Å². The van der Waals surface area contributed by atoms with Gasteiger partial charge >= 0.3 is 0 Å². The topological polar surface area (TPSA) is 30.2 Å². The van der Waals surface area contributed by atoms with E-state index >= 15 is 0 Å². The Hall–Kier alpha value is -2.16. The van der Waals surface area contributed by atoms with Crippen molar-refractivity contribution < 1.29 is 0 Å². The standard InChI is InChI=1S/C20H22N3/c1-14-12-15(2)23-13-18(17-10-6-7-11-21-17)22-20(23)19(14)16-8-4-3-5-9-16/h6-7,10-12,16H,3-5,8-9H2,1-2H3. The summed E-state index contributed by atoms with van der Waals surface area (Å²) in [6.45, 7) is 4.36. The van der Waals surface area contributed by atoms with Gasteiger partial charge < -0.3 is 0 Å². The molecule has 3 aromatic heterocycles. The second-order valence-electron chi connectivity index (χ2n) is 6.66. The lowest BCUT2D eigenvalue weighted by molar-refractivity contribution is 0.443. The van der Waals surface area contributed by atoms with Gasteiger partial charge in [0.2, 0.25) is 0 Å². The number of aryl methyl sites for hydroxylation is 2. The van der Waals surface area contributed by atoms with Crippen molar-refractivity contribution >= 4 is 5.65 Å². The Bertz CT molecular complexity index is 827. The van der Waals surface area contributed by atoms with Crippen LogP contribution in [0.1, 0.15) is 54.8 Å². The Balaban J connectivity index is 1.90. The van der Waals surface area contributed by atoms with Crippen LogP contribution in [0.3, 0.4) is 0 Å². The van der Waals surface area contributed by atoms with E-state index in [1.807, 2.05) is 24.4 Å². The van der Waals surface area contributed by atoms with Crippen molar-refractivity contribution in [2.45, 2.75) is 51.9 Å². The molecule has 0 unspecified atom stereocenters. The first-order valence-electron chi connectivity index (χ1n) is 8.57. The fraction of sp³-hybridized carbons (Fsp3) is 0.400. The molecule has 4 rings (SSSR count). The van der Waals surface area contributed by atoms with Crippen LogP contribution in [0, 0.1) is 20.0 Å². The molecule has 0 spiro atoms. The molecule has 0 aromatic carbocycles. The van der Waals surface area contributed by atoms with Crippen LogP contribution < -0.4 is 0 Å². The number of pyridine rings is 2. The van der Waals surface area contributed by atoms with Crippen molar-refractivity contribution in [3.63, 3.8) is 0 Å². The van der Waals surface area contributed by atoms with Gasteiger partial charge in [-0.1, -0.05) is 25.3 Å². The zero-order valence-corrected chi connectivity index (χ0v) is 13.8. The van der Waals surface area contributed by atoms with E-state index < -0.39 is 0 Å². The van der Waals surface area contributed by atoms with Crippen LogP contribution in [-0.2, 0) is 0 Å². The molecule has 0 amide bonds. The van der Waals surface area contributed by atoms with Crippen LogP contribution in [0.5, 0.6) is 0 Å². The summed E-state index contributed by atoms with van der Waals surface area (Å²) in [5, 5.41) is 0. The van der Waals surface area contributed by atoms with Crippen molar-refractivity contribution in [1.29, 1.82) is 0 Å². The zero-order valence-electron chi connectivity index (χ0n) is 13.8. The molecule has 0 atom stereocenters. The predicted molar refractivity (Wildman–Crippen MR) is 92.6 cm³/mol. The molecular formula is C20H22N3.